The number of hydrogen-bond acceptors (Lipinski definition) is 4. The third kappa shape index (κ3) is 3.39. The van der Waals surface area contributed by atoms with Crippen LogP contribution in [-0.4, -0.2) is 22.6 Å². The molecule has 1 aromatic heterocycles. The average molecular weight is 283 g/mol. The molecule has 0 saturated heterocycles. The molecule has 0 saturated carbocycles. The van der Waals surface area contributed by atoms with E-state index in [1.54, 1.807) is 0 Å². The monoisotopic (exact) mass is 283 g/mol. The summed E-state index contributed by atoms with van der Waals surface area (Å²) in [7, 11) is 0. The first-order valence-electron chi connectivity index (χ1n) is 7.47. The van der Waals surface area contributed by atoms with Crippen LogP contribution in [0.3, 0.4) is 0 Å². The highest BCUT2D eigenvalue weighted by atomic mass is 16.5. The maximum atomic E-state index is 5.81. The molecule has 1 aromatic carbocycles. The van der Waals surface area contributed by atoms with Crippen molar-refractivity contribution in [1.82, 2.24) is 15.3 Å². The first-order valence-corrected chi connectivity index (χ1v) is 7.47. The fraction of sp³-hybridized carbons (Fsp3) is 0.412. The Morgan fingerprint density at radius 1 is 1.24 bits per heavy atom. The number of hydrogen-bond donors (Lipinski definition) is 1. The Morgan fingerprint density at radius 2 is 2.00 bits per heavy atom. The van der Waals surface area contributed by atoms with Gasteiger partial charge in [-0.25, -0.2) is 9.97 Å². The highest BCUT2D eigenvalue weighted by Gasteiger charge is 2.23. The van der Waals surface area contributed by atoms with Crippen molar-refractivity contribution >= 4 is 0 Å². The smallest absolute Gasteiger partial charge is 0.135 e. The number of rotatable bonds is 4. The lowest BCUT2D eigenvalue weighted by Gasteiger charge is -2.24. The van der Waals surface area contributed by atoms with Crippen LogP contribution < -0.4 is 10.1 Å². The predicted molar refractivity (Wildman–Crippen MR) is 82.4 cm³/mol. The normalized spacial score (nSPS) is 17.4. The molecule has 1 N–H and O–H groups in total. The van der Waals surface area contributed by atoms with Crippen LogP contribution in [0.5, 0.6) is 5.75 Å². The van der Waals surface area contributed by atoms with E-state index < -0.39 is 0 Å². The summed E-state index contributed by atoms with van der Waals surface area (Å²) < 4.78 is 5.81. The quantitative estimate of drug-likeness (QED) is 0.937. The second-order valence-electron chi connectivity index (χ2n) is 5.80. The minimum absolute atomic E-state index is 0.243. The summed E-state index contributed by atoms with van der Waals surface area (Å²) in [6.45, 7) is 5.72. The van der Waals surface area contributed by atoms with E-state index in [0.717, 1.165) is 30.1 Å². The van der Waals surface area contributed by atoms with Gasteiger partial charge in [0.15, 0.2) is 0 Å². The molecule has 0 bridgehead atoms. The lowest BCUT2D eigenvalue weighted by Crippen LogP contribution is -2.23. The molecule has 2 aromatic rings. The zero-order valence-corrected chi connectivity index (χ0v) is 12.5. The zero-order chi connectivity index (χ0) is 14.7. The second-order valence-corrected chi connectivity index (χ2v) is 5.80. The number of fused-ring (bicyclic) bond motifs is 1. The molecule has 1 atom stereocenters. The third-order valence-corrected chi connectivity index (χ3v) is 3.68. The van der Waals surface area contributed by atoms with Crippen molar-refractivity contribution < 1.29 is 4.74 Å². The number of nitrogens with zero attached hydrogens (tertiary/aromatic N) is 2. The van der Waals surface area contributed by atoms with E-state index in [0.29, 0.717) is 12.6 Å². The van der Waals surface area contributed by atoms with E-state index in [2.05, 4.69) is 35.2 Å². The van der Waals surface area contributed by atoms with Gasteiger partial charge in [-0.05, 0) is 18.1 Å². The van der Waals surface area contributed by atoms with E-state index in [4.69, 9.17) is 4.74 Å². The van der Waals surface area contributed by atoms with Crippen molar-refractivity contribution in [3.63, 3.8) is 0 Å². The molecule has 0 spiro atoms. The Hall–Kier alpha value is -1.94. The predicted octanol–water partition coefficient (Wildman–Crippen LogP) is 2.69. The molecule has 0 amide bonds. The van der Waals surface area contributed by atoms with Crippen molar-refractivity contribution in [2.75, 3.05) is 6.61 Å². The average Bonchev–Trinajstić information content (AvgIpc) is 2.53. The highest BCUT2D eigenvalue weighted by Crippen LogP contribution is 2.30. The molecule has 0 fully saturated rings. The molecule has 2 heterocycles. The van der Waals surface area contributed by atoms with Gasteiger partial charge in [0.05, 0.1) is 12.5 Å². The van der Waals surface area contributed by atoms with Gasteiger partial charge in [-0.15, -0.1) is 0 Å². The maximum absolute atomic E-state index is 5.81. The summed E-state index contributed by atoms with van der Waals surface area (Å²) in [6.07, 6.45) is 4.77. The van der Waals surface area contributed by atoms with Crippen molar-refractivity contribution in [2.45, 2.75) is 38.8 Å². The highest BCUT2D eigenvalue weighted by molar-refractivity contribution is 5.36. The lowest BCUT2D eigenvalue weighted by atomic mass is 9.96. The fourth-order valence-electron chi connectivity index (χ4n) is 2.48. The van der Waals surface area contributed by atoms with Crippen LogP contribution in [0.15, 0.2) is 36.7 Å². The standard InChI is InChI=1S/C17H21N3O/c1-12(2)18-8-13-9-19-17(20-10-13)15-7-14-5-3-4-6-16(14)21-11-15/h3-6,9-10,12,15,18H,7-8,11H2,1-2H3. The fourth-order valence-corrected chi connectivity index (χ4v) is 2.48. The largest absolute Gasteiger partial charge is 0.493 e. The molecule has 4 nitrogen and oxygen atoms in total. The lowest BCUT2D eigenvalue weighted by molar-refractivity contribution is 0.257. The van der Waals surface area contributed by atoms with Gasteiger partial charge in [-0.3, -0.25) is 0 Å². The molecule has 1 unspecified atom stereocenters. The van der Waals surface area contributed by atoms with Gasteiger partial charge in [0.1, 0.15) is 11.6 Å². The Kier molecular flexibility index (Phi) is 4.15. The molecule has 0 aliphatic carbocycles. The minimum atomic E-state index is 0.243. The van der Waals surface area contributed by atoms with Gasteiger partial charge in [0, 0.05) is 30.5 Å². The molecular weight excluding hydrogens is 262 g/mol. The van der Waals surface area contributed by atoms with Crippen molar-refractivity contribution in [3.8, 4) is 5.75 Å². The molecule has 3 rings (SSSR count). The first kappa shape index (κ1) is 14.0. The number of nitrogens with one attached hydrogen (secondary N) is 1. The topological polar surface area (TPSA) is 47.0 Å². The number of aromatic nitrogens is 2. The van der Waals surface area contributed by atoms with Crippen LogP contribution >= 0.6 is 0 Å². The summed E-state index contributed by atoms with van der Waals surface area (Å²) in [5, 5.41) is 3.37. The number of benzene rings is 1. The van der Waals surface area contributed by atoms with Crippen molar-refractivity contribution in [3.05, 3.63) is 53.6 Å². The van der Waals surface area contributed by atoms with Crippen LogP contribution in [-0.2, 0) is 13.0 Å². The van der Waals surface area contributed by atoms with Crippen molar-refractivity contribution in [2.24, 2.45) is 0 Å². The molecule has 0 radical (unpaired) electrons. The zero-order valence-electron chi connectivity index (χ0n) is 12.5. The van der Waals surface area contributed by atoms with Gasteiger partial charge < -0.3 is 10.1 Å². The third-order valence-electron chi connectivity index (χ3n) is 3.68. The Labute approximate surface area is 125 Å². The van der Waals surface area contributed by atoms with Crippen LogP contribution in [0, 0.1) is 0 Å². The Bertz CT molecular complexity index is 595. The molecule has 1 aliphatic heterocycles. The van der Waals surface area contributed by atoms with Crippen LogP contribution in [0.2, 0.25) is 0 Å². The minimum Gasteiger partial charge on any atom is -0.493 e. The molecule has 21 heavy (non-hydrogen) atoms. The summed E-state index contributed by atoms with van der Waals surface area (Å²) in [5.74, 6) is 2.11. The van der Waals surface area contributed by atoms with Gasteiger partial charge in [0.25, 0.3) is 0 Å². The summed E-state index contributed by atoms with van der Waals surface area (Å²) in [5.41, 5.74) is 2.35. The van der Waals surface area contributed by atoms with E-state index in [9.17, 15) is 0 Å². The van der Waals surface area contributed by atoms with E-state index in [1.165, 1.54) is 5.56 Å². The number of para-hydroxylation sites is 1. The van der Waals surface area contributed by atoms with Crippen LogP contribution in [0.4, 0.5) is 0 Å². The van der Waals surface area contributed by atoms with E-state index >= 15 is 0 Å². The van der Waals surface area contributed by atoms with Gasteiger partial charge in [-0.1, -0.05) is 32.0 Å². The van der Waals surface area contributed by atoms with Gasteiger partial charge >= 0.3 is 0 Å². The van der Waals surface area contributed by atoms with Crippen LogP contribution in [0.1, 0.15) is 36.7 Å². The molecule has 1 aliphatic rings. The SMILES string of the molecule is CC(C)NCc1cnc(C2COc3ccccc3C2)nc1. The Balaban J connectivity index is 1.68. The summed E-state index contributed by atoms with van der Waals surface area (Å²) in [4.78, 5) is 9.04. The molecular formula is C17H21N3O. The summed E-state index contributed by atoms with van der Waals surface area (Å²) >= 11 is 0. The van der Waals surface area contributed by atoms with E-state index in [-0.39, 0.29) is 5.92 Å². The molecule has 4 heteroatoms. The maximum Gasteiger partial charge on any atom is 0.135 e. The van der Waals surface area contributed by atoms with Gasteiger partial charge in [0.2, 0.25) is 0 Å². The first-order chi connectivity index (χ1) is 10.2. The molecule has 110 valence electrons. The summed E-state index contributed by atoms with van der Waals surface area (Å²) in [6, 6.07) is 8.65. The van der Waals surface area contributed by atoms with Crippen LogP contribution in [0.25, 0.3) is 0 Å². The number of ether oxygens (including phenoxy) is 1. The Morgan fingerprint density at radius 3 is 2.76 bits per heavy atom. The van der Waals surface area contributed by atoms with Crippen molar-refractivity contribution in [1.29, 1.82) is 0 Å². The van der Waals surface area contributed by atoms with Gasteiger partial charge in [-0.2, -0.15) is 0 Å². The van der Waals surface area contributed by atoms with E-state index in [1.807, 2.05) is 30.6 Å². The second kappa shape index (κ2) is 6.22.